The Morgan fingerprint density at radius 1 is 1.40 bits per heavy atom. The summed E-state index contributed by atoms with van der Waals surface area (Å²) in [7, 11) is 1.61. The first kappa shape index (κ1) is 14.6. The topological polar surface area (TPSA) is 35.5 Å². The molecule has 0 aliphatic carbocycles. The zero-order valence-electron chi connectivity index (χ0n) is 11.8. The molecule has 1 atom stereocenters. The highest BCUT2D eigenvalue weighted by atomic mass is 19.1. The van der Waals surface area contributed by atoms with Crippen LogP contribution in [0.5, 0.6) is 0 Å². The van der Waals surface area contributed by atoms with Gasteiger partial charge in [0.25, 0.3) is 0 Å². The molecule has 1 aromatic carbocycles. The van der Waals surface area contributed by atoms with Crippen molar-refractivity contribution < 1.29 is 18.7 Å². The Labute approximate surface area is 118 Å². The van der Waals surface area contributed by atoms with Gasteiger partial charge in [0.2, 0.25) is 0 Å². The lowest BCUT2D eigenvalue weighted by Crippen LogP contribution is -2.09. The fraction of sp³-hybridized carbons (Fsp3) is 0.438. The van der Waals surface area contributed by atoms with E-state index in [1.54, 1.807) is 19.2 Å². The zero-order valence-corrected chi connectivity index (χ0v) is 11.8. The van der Waals surface area contributed by atoms with Crippen molar-refractivity contribution in [3.8, 4) is 0 Å². The molecule has 1 saturated heterocycles. The van der Waals surface area contributed by atoms with E-state index in [2.05, 4.69) is 6.92 Å². The van der Waals surface area contributed by atoms with Crippen LogP contribution in [0.25, 0.3) is 0 Å². The van der Waals surface area contributed by atoms with Crippen molar-refractivity contribution in [1.82, 2.24) is 0 Å². The standard InChI is InChI=1S/C16H19FO3/c1-3-4-5-14(19-2)13-10-20-16(18)15(13)11-6-8-12(17)9-7-11/h6-9,15H,3-5,10H2,1-2H3/b14-13-. The number of cyclic esters (lactones) is 1. The van der Waals surface area contributed by atoms with Crippen LogP contribution in [0.15, 0.2) is 35.6 Å². The van der Waals surface area contributed by atoms with E-state index in [9.17, 15) is 9.18 Å². The summed E-state index contributed by atoms with van der Waals surface area (Å²) >= 11 is 0. The molecule has 2 rings (SSSR count). The highest BCUT2D eigenvalue weighted by molar-refractivity contribution is 5.85. The van der Waals surface area contributed by atoms with E-state index in [4.69, 9.17) is 9.47 Å². The minimum atomic E-state index is -0.470. The Morgan fingerprint density at radius 2 is 2.10 bits per heavy atom. The Kier molecular flexibility index (Phi) is 4.77. The van der Waals surface area contributed by atoms with Crippen LogP contribution in [0.3, 0.4) is 0 Å². The van der Waals surface area contributed by atoms with Gasteiger partial charge in [0.05, 0.1) is 12.9 Å². The Hall–Kier alpha value is -1.84. The summed E-state index contributed by atoms with van der Waals surface area (Å²) in [6.45, 7) is 2.36. The second-order valence-corrected chi connectivity index (χ2v) is 4.85. The summed E-state index contributed by atoms with van der Waals surface area (Å²) < 4.78 is 23.6. The minimum absolute atomic E-state index is 0.258. The molecular weight excluding hydrogens is 259 g/mol. The smallest absolute Gasteiger partial charge is 0.318 e. The number of esters is 1. The molecule has 0 N–H and O–H groups in total. The van der Waals surface area contributed by atoms with E-state index in [1.165, 1.54) is 12.1 Å². The maximum absolute atomic E-state index is 13.0. The third-order valence-electron chi connectivity index (χ3n) is 3.52. The third-order valence-corrected chi connectivity index (χ3v) is 3.52. The number of hydrogen-bond acceptors (Lipinski definition) is 3. The number of carbonyl (C=O) groups excluding carboxylic acids is 1. The van der Waals surface area contributed by atoms with Crippen LogP contribution in [0.2, 0.25) is 0 Å². The molecule has 0 aromatic heterocycles. The second kappa shape index (κ2) is 6.55. The van der Waals surface area contributed by atoms with Gasteiger partial charge in [-0.1, -0.05) is 25.5 Å². The van der Waals surface area contributed by atoms with E-state index >= 15 is 0 Å². The number of allylic oxidation sites excluding steroid dienone is 1. The monoisotopic (exact) mass is 278 g/mol. The lowest BCUT2D eigenvalue weighted by molar-refractivity contribution is -0.139. The number of unbranched alkanes of at least 4 members (excludes halogenated alkanes) is 1. The Morgan fingerprint density at radius 3 is 2.70 bits per heavy atom. The summed E-state index contributed by atoms with van der Waals surface area (Å²) in [6, 6.07) is 5.97. The molecule has 0 saturated carbocycles. The first-order chi connectivity index (χ1) is 9.67. The van der Waals surface area contributed by atoms with E-state index in [-0.39, 0.29) is 18.4 Å². The van der Waals surface area contributed by atoms with Crippen LogP contribution in [0.4, 0.5) is 4.39 Å². The van der Waals surface area contributed by atoms with Crippen LogP contribution >= 0.6 is 0 Å². The van der Waals surface area contributed by atoms with Crippen molar-refractivity contribution in [2.45, 2.75) is 32.1 Å². The number of benzene rings is 1. The molecule has 0 radical (unpaired) electrons. The van der Waals surface area contributed by atoms with Gasteiger partial charge < -0.3 is 9.47 Å². The van der Waals surface area contributed by atoms with Gasteiger partial charge in [0.15, 0.2) is 0 Å². The van der Waals surface area contributed by atoms with E-state index in [0.29, 0.717) is 0 Å². The van der Waals surface area contributed by atoms with Crippen molar-refractivity contribution in [2.75, 3.05) is 13.7 Å². The molecule has 108 valence electrons. The molecule has 1 unspecified atom stereocenters. The van der Waals surface area contributed by atoms with Gasteiger partial charge in [-0.2, -0.15) is 0 Å². The van der Waals surface area contributed by atoms with Crippen molar-refractivity contribution in [1.29, 1.82) is 0 Å². The van der Waals surface area contributed by atoms with Crippen molar-refractivity contribution in [2.24, 2.45) is 0 Å². The van der Waals surface area contributed by atoms with Crippen LogP contribution < -0.4 is 0 Å². The van der Waals surface area contributed by atoms with Gasteiger partial charge in [0, 0.05) is 12.0 Å². The lowest BCUT2D eigenvalue weighted by atomic mass is 9.91. The average Bonchev–Trinajstić information content (AvgIpc) is 2.83. The minimum Gasteiger partial charge on any atom is -0.501 e. The van der Waals surface area contributed by atoms with Crippen LogP contribution in [0, 0.1) is 5.82 Å². The molecule has 0 spiro atoms. The average molecular weight is 278 g/mol. The number of halogens is 1. The predicted molar refractivity (Wildman–Crippen MR) is 73.7 cm³/mol. The Bertz CT molecular complexity index is 505. The van der Waals surface area contributed by atoms with Gasteiger partial charge in [-0.05, 0) is 24.1 Å². The largest absolute Gasteiger partial charge is 0.501 e. The fourth-order valence-electron chi connectivity index (χ4n) is 2.42. The zero-order chi connectivity index (χ0) is 14.5. The van der Waals surface area contributed by atoms with Crippen LogP contribution in [-0.4, -0.2) is 19.7 Å². The van der Waals surface area contributed by atoms with E-state index in [1.807, 2.05) is 0 Å². The highest BCUT2D eigenvalue weighted by Crippen LogP contribution is 2.35. The summed E-state index contributed by atoms with van der Waals surface area (Å²) in [5.41, 5.74) is 1.60. The molecule has 20 heavy (non-hydrogen) atoms. The predicted octanol–water partition coefficient (Wildman–Crippen LogP) is 3.56. The highest BCUT2D eigenvalue weighted by Gasteiger charge is 2.35. The maximum Gasteiger partial charge on any atom is 0.318 e. The van der Waals surface area contributed by atoms with Crippen LogP contribution in [-0.2, 0) is 14.3 Å². The number of hydrogen-bond donors (Lipinski definition) is 0. The number of carbonyl (C=O) groups is 1. The van der Waals surface area contributed by atoms with E-state index < -0.39 is 5.92 Å². The number of ether oxygens (including phenoxy) is 2. The van der Waals surface area contributed by atoms with Crippen molar-refractivity contribution in [3.05, 3.63) is 47.0 Å². The maximum atomic E-state index is 13.0. The molecule has 0 bridgehead atoms. The van der Waals surface area contributed by atoms with Crippen molar-refractivity contribution >= 4 is 5.97 Å². The molecule has 1 fully saturated rings. The molecule has 3 nitrogen and oxygen atoms in total. The van der Waals surface area contributed by atoms with Crippen LogP contribution in [0.1, 0.15) is 37.7 Å². The van der Waals surface area contributed by atoms with Gasteiger partial charge in [-0.15, -0.1) is 0 Å². The molecule has 1 heterocycles. The molecule has 1 aromatic rings. The first-order valence-corrected chi connectivity index (χ1v) is 6.85. The molecule has 0 amide bonds. The van der Waals surface area contributed by atoms with Gasteiger partial charge in [0.1, 0.15) is 18.3 Å². The molecular formula is C16H19FO3. The SMILES string of the molecule is CCCC/C(OC)=C1\COC(=O)C1c1ccc(F)cc1. The molecule has 1 aliphatic rings. The van der Waals surface area contributed by atoms with Gasteiger partial charge in [-0.25, -0.2) is 4.39 Å². The normalized spacial score (nSPS) is 20.8. The van der Waals surface area contributed by atoms with Gasteiger partial charge in [-0.3, -0.25) is 4.79 Å². The third kappa shape index (κ3) is 3.00. The quantitative estimate of drug-likeness (QED) is 0.610. The lowest BCUT2D eigenvalue weighted by Gasteiger charge is -2.13. The second-order valence-electron chi connectivity index (χ2n) is 4.85. The fourth-order valence-corrected chi connectivity index (χ4v) is 2.42. The number of methoxy groups -OCH3 is 1. The summed E-state index contributed by atoms with van der Waals surface area (Å²) in [4.78, 5) is 12.0. The summed E-state index contributed by atoms with van der Waals surface area (Å²) in [5.74, 6) is -0.268. The first-order valence-electron chi connectivity index (χ1n) is 6.85. The Balaban J connectivity index is 2.34. The van der Waals surface area contributed by atoms with Crippen molar-refractivity contribution in [3.63, 3.8) is 0 Å². The summed E-state index contributed by atoms with van der Waals surface area (Å²) in [6.07, 6.45) is 2.84. The number of rotatable bonds is 5. The summed E-state index contributed by atoms with van der Waals surface area (Å²) in [5, 5.41) is 0. The van der Waals surface area contributed by atoms with E-state index in [0.717, 1.165) is 36.2 Å². The molecule has 1 aliphatic heterocycles. The van der Waals surface area contributed by atoms with Gasteiger partial charge >= 0.3 is 5.97 Å². The molecule has 4 heteroatoms.